The third kappa shape index (κ3) is 4.05. The molecular formula is C28H33N5O4. The van der Waals surface area contributed by atoms with Crippen molar-refractivity contribution in [3.8, 4) is 0 Å². The number of rotatable bonds is 6. The minimum absolute atomic E-state index is 0.00322. The van der Waals surface area contributed by atoms with Crippen molar-refractivity contribution >= 4 is 11.8 Å². The molecule has 1 saturated heterocycles. The number of imidazole rings is 1. The zero-order valence-corrected chi connectivity index (χ0v) is 21.5. The Hall–Kier alpha value is -3.46. The van der Waals surface area contributed by atoms with Crippen LogP contribution < -0.4 is 5.32 Å². The molecule has 9 nitrogen and oxygen atoms in total. The third-order valence-electron chi connectivity index (χ3n) is 8.24. The van der Waals surface area contributed by atoms with E-state index in [9.17, 15) is 9.59 Å². The lowest BCUT2D eigenvalue weighted by Gasteiger charge is -2.46. The lowest BCUT2D eigenvalue weighted by molar-refractivity contribution is -0.155. The lowest BCUT2D eigenvalue weighted by atomic mass is 9.86. The van der Waals surface area contributed by atoms with Gasteiger partial charge in [0.1, 0.15) is 35.9 Å². The molecule has 0 radical (unpaired) electrons. The van der Waals surface area contributed by atoms with E-state index in [4.69, 9.17) is 14.1 Å². The van der Waals surface area contributed by atoms with Crippen molar-refractivity contribution in [2.24, 2.45) is 11.8 Å². The average molecular weight is 504 g/mol. The zero-order chi connectivity index (χ0) is 25.7. The van der Waals surface area contributed by atoms with E-state index < -0.39 is 18.1 Å². The van der Waals surface area contributed by atoms with Gasteiger partial charge in [-0.2, -0.15) is 0 Å². The highest BCUT2D eigenvalue weighted by Crippen LogP contribution is 2.38. The van der Waals surface area contributed by atoms with Gasteiger partial charge in [0.15, 0.2) is 5.89 Å². The maximum atomic E-state index is 14.5. The van der Waals surface area contributed by atoms with Crippen molar-refractivity contribution in [2.45, 2.75) is 71.3 Å². The largest absolute Gasteiger partial charge is 0.449 e. The van der Waals surface area contributed by atoms with Crippen LogP contribution in [0, 0.1) is 18.8 Å². The topological polar surface area (TPSA) is 102 Å². The number of hydrogen-bond donors (Lipinski definition) is 1. The van der Waals surface area contributed by atoms with Gasteiger partial charge in [0.25, 0.3) is 0 Å². The Morgan fingerprint density at radius 1 is 1.19 bits per heavy atom. The summed E-state index contributed by atoms with van der Waals surface area (Å²) >= 11 is 0. The predicted molar refractivity (Wildman–Crippen MR) is 134 cm³/mol. The van der Waals surface area contributed by atoms with Gasteiger partial charge >= 0.3 is 0 Å². The van der Waals surface area contributed by atoms with Gasteiger partial charge in [-0.1, -0.05) is 44.5 Å². The Labute approximate surface area is 216 Å². The Kier molecular flexibility index (Phi) is 6.10. The van der Waals surface area contributed by atoms with E-state index in [1.54, 1.807) is 24.3 Å². The Morgan fingerprint density at radius 3 is 2.62 bits per heavy atom. The van der Waals surface area contributed by atoms with Crippen LogP contribution in [0.25, 0.3) is 0 Å². The number of nitrogens with one attached hydrogen (secondary N) is 1. The molecule has 0 bridgehead atoms. The number of aryl methyl sites for hydroxylation is 1. The third-order valence-corrected chi connectivity index (χ3v) is 8.24. The quantitative estimate of drug-likeness (QED) is 0.555. The molecular weight excluding hydrogens is 470 g/mol. The number of hydrogen-bond acceptors (Lipinski definition) is 6. The number of fused-ring (bicyclic) bond motifs is 2. The number of amides is 2. The van der Waals surface area contributed by atoms with Gasteiger partial charge in [-0.3, -0.25) is 9.59 Å². The van der Waals surface area contributed by atoms with Gasteiger partial charge in [0.05, 0.1) is 25.1 Å². The van der Waals surface area contributed by atoms with Crippen LogP contribution in [0.4, 0.5) is 0 Å². The number of aromatic nitrogens is 3. The van der Waals surface area contributed by atoms with E-state index in [2.05, 4.69) is 27.0 Å². The highest BCUT2D eigenvalue weighted by atomic mass is 16.5. The summed E-state index contributed by atoms with van der Waals surface area (Å²) in [4.78, 5) is 39.5. The van der Waals surface area contributed by atoms with Crippen molar-refractivity contribution in [1.82, 2.24) is 24.8 Å². The number of carbonyl (C=O) groups is 2. The SMILES string of the molecule is CC[C@H](C)[C@@H]1C(=O)N[C@H](C2Cc3ccccc3C2)C(=O)N1[C@H](c1coc(C)n1)c1ncc2n1CCOC2. The van der Waals surface area contributed by atoms with Gasteiger partial charge in [-0.15, -0.1) is 0 Å². The summed E-state index contributed by atoms with van der Waals surface area (Å²) < 4.78 is 13.4. The number of piperazine rings is 1. The van der Waals surface area contributed by atoms with Crippen LogP contribution >= 0.6 is 0 Å². The zero-order valence-electron chi connectivity index (χ0n) is 21.5. The van der Waals surface area contributed by atoms with Crippen LogP contribution in [0.2, 0.25) is 0 Å². The molecule has 0 saturated carbocycles. The summed E-state index contributed by atoms with van der Waals surface area (Å²) in [6.45, 7) is 7.50. The van der Waals surface area contributed by atoms with E-state index in [-0.39, 0.29) is 23.7 Å². The van der Waals surface area contributed by atoms with Gasteiger partial charge < -0.3 is 23.9 Å². The fourth-order valence-electron chi connectivity index (χ4n) is 6.17. The van der Waals surface area contributed by atoms with Crippen molar-refractivity contribution in [3.05, 3.63) is 71.0 Å². The molecule has 6 rings (SSSR count). The Bertz CT molecular complexity index is 1300. The molecule has 3 aliphatic rings. The molecule has 9 heteroatoms. The monoisotopic (exact) mass is 503 g/mol. The summed E-state index contributed by atoms with van der Waals surface area (Å²) in [6.07, 6.45) is 5.66. The van der Waals surface area contributed by atoms with E-state index in [1.807, 2.05) is 26.0 Å². The van der Waals surface area contributed by atoms with Gasteiger partial charge in [-0.25, -0.2) is 9.97 Å². The molecule has 1 fully saturated rings. The number of oxazole rings is 1. The molecule has 1 N–H and O–H groups in total. The second-order valence-electron chi connectivity index (χ2n) is 10.5. The molecule has 1 aromatic carbocycles. The van der Waals surface area contributed by atoms with Crippen LogP contribution in [0.15, 0.2) is 41.1 Å². The second-order valence-corrected chi connectivity index (χ2v) is 10.5. The van der Waals surface area contributed by atoms with Crippen molar-refractivity contribution in [2.75, 3.05) is 6.61 Å². The average Bonchev–Trinajstić information content (AvgIpc) is 3.64. The van der Waals surface area contributed by atoms with Crippen molar-refractivity contribution in [3.63, 3.8) is 0 Å². The summed E-state index contributed by atoms with van der Waals surface area (Å²) in [5, 5.41) is 3.14. The fourth-order valence-corrected chi connectivity index (χ4v) is 6.17. The number of nitrogens with zero attached hydrogens (tertiary/aromatic N) is 4. The maximum Gasteiger partial charge on any atom is 0.247 e. The van der Waals surface area contributed by atoms with E-state index in [0.29, 0.717) is 37.2 Å². The maximum absolute atomic E-state index is 14.5. The molecule has 4 atom stereocenters. The van der Waals surface area contributed by atoms with Crippen LogP contribution in [0.3, 0.4) is 0 Å². The second kappa shape index (κ2) is 9.45. The summed E-state index contributed by atoms with van der Waals surface area (Å²) in [6, 6.07) is 6.38. The van der Waals surface area contributed by atoms with Crippen LogP contribution in [0.5, 0.6) is 0 Å². The molecule has 2 amide bonds. The lowest BCUT2D eigenvalue weighted by Crippen LogP contribution is -2.67. The molecule has 2 aromatic heterocycles. The first-order chi connectivity index (χ1) is 18.0. The van der Waals surface area contributed by atoms with Crippen molar-refractivity contribution in [1.29, 1.82) is 0 Å². The van der Waals surface area contributed by atoms with Crippen LogP contribution in [-0.4, -0.2) is 49.9 Å². The Morgan fingerprint density at radius 2 is 1.95 bits per heavy atom. The predicted octanol–water partition coefficient (Wildman–Crippen LogP) is 2.96. The minimum atomic E-state index is -0.646. The molecule has 0 spiro atoms. The summed E-state index contributed by atoms with van der Waals surface area (Å²) in [5.41, 5.74) is 4.03. The number of benzene rings is 1. The van der Waals surface area contributed by atoms with E-state index >= 15 is 0 Å². The van der Waals surface area contributed by atoms with E-state index in [0.717, 1.165) is 25.0 Å². The smallest absolute Gasteiger partial charge is 0.247 e. The van der Waals surface area contributed by atoms with Crippen LogP contribution in [-0.2, 0) is 40.3 Å². The van der Waals surface area contributed by atoms with E-state index in [1.165, 1.54) is 11.1 Å². The summed E-state index contributed by atoms with van der Waals surface area (Å²) in [5.74, 6) is 0.936. The fraction of sp³-hybridized carbons (Fsp3) is 0.500. The first-order valence-electron chi connectivity index (χ1n) is 13.2. The van der Waals surface area contributed by atoms with Crippen LogP contribution in [0.1, 0.15) is 60.5 Å². The van der Waals surface area contributed by atoms with Gasteiger partial charge in [0.2, 0.25) is 11.8 Å². The number of ether oxygens (including phenoxy) is 1. The van der Waals surface area contributed by atoms with Gasteiger partial charge in [-0.05, 0) is 35.8 Å². The first-order valence-corrected chi connectivity index (χ1v) is 13.2. The Balaban J connectivity index is 1.45. The molecule has 3 aromatic rings. The first kappa shape index (κ1) is 23.9. The standard InChI is InChI=1S/C28H33N5O4/c1-4-16(2)24-27(34)31-23(20-11-18-7-5-6-8-19(18)12-20)28(35)33(24)25(22-15-37-17(3)30-22)26-29-13-21-14-36-10-9-32(21)26/h5-8,13,15-16,20,23-25H,4,9-12,14H2,1-3H3,(H,31,34)/t16-,23+,24+,25+/m0/s1. The highest BCUT2D eigenvalue weighted by Gasteiger charge is 2.51. The minimum Gasteiger partial charge on any atom is -0.449 e. The number of carbonyl (C=O) groups excluding carboxylic acids is 2. The molecule has 0 unspecified atom stereocenters. The molecule has 194 valence electrons. The molecule has 1 aliphatic carbocycles. The highest BCUT2D eigenvalue weighted by molar-refractivity contribution is 5.98. The molecule has 4 heterocycles. The van der Waals surface area contributed by atoms with Crippen molar-refractivity contribution < 1.29 is 18.7 Å². The normalized spacial score (nSPS) is 23.5. The molecule has 37 heavy (non-hydrogen) atoms. The summed E-state index contributed by atoms with van der Waals surface area (Å²) in [7, 11) is 0. The van der Waals surface area contributed by atoms with Gasteiger partial charge in [0, 0.05) is 13.5 Å². The molecule has 2 aliphatic heterocycles.